The second-order valence-electron chi connectivity index (χ2n) is 2.72. The van der Waals surface area contributed by atoms with Crippen molar-refractivity contribution >= 4 is 5.69 Å². The Balaban J connectivity index is 3.13. The minimum Gasteiger partial charge on any atom is -0.504 e. The molecule has 1 aromatic rings. The van der Waals surface area contributed by atoms with Gasteiger partial charge in [0.15, 0.2) is 11.5 Å². The maximum Gasteiger partial charge on any atom is 0.160 e. The van der Waals surface area contributed by atoms with E-state index in [0.29, 0.717) is 17.9 Å². The molecule has 70 valence electrons. The Morgan fingerprint density at radius 1 is 1.62 bits per heavy atom. The number of ether oxygens (including phenoxy) is 1. The van der Waals surface area contributed by atoms with Gasteiger partial charge in [-0.05, 0) is 18.1 Å². The van der Waals surface area contributed by atoms with Crippen molar-refractivity contribution in [3.05, 3.63) is 30.4 Å². The summed E-state index contributed by atoms with van der Waals surface area (Å²) in [5, 5.41) is 9.35. The van der Waals surface area contributed by atoms with Crippen LogP contribution in [0.2, 0.25) is 0 Å². The van der Waals surface area contributed by atoms with Crippen molar-refractivity contribution in [2.75, 3.05) is 12.8 Å². The van der Waals surface area contributed by atoms with Crippen LogP contribution in [0.15, 0.2) is 24.8 Å². The third-order valence-corrected chi connectivity index (χ3v) is 1.80. The van der Waals surface area contributed by atoms with Crippen LogP contribution in [0.1, 0.15) is 5.56 Å². The predicted molar refractivity (Wildman–Crippen MR) is 53.0 cm³/mol. The highest BCUT2D eigenvalue weighted by Crippen LogP contribution is 2.30. The molecule has 0 aliphatic carbocycles. The topological polar surface area (TPSA) is 55.5 Å². The number of aromatic hydroxyl groups is 1. The van der Waals surface area contributed by atoms with Crippen molar-refractivity contribution < 1.29 is 9.84 Å². The van der Waals surface area contributed by atoms with E-state index in [1.807, 2.05) is 0 Å². The summed E-state index contributed by atoms with van der Waals surface area (Å²) in [7, 11) is 1.50. The van der Waals surface area contributed by atoms with Gasteiger partial charge in [-0.15, -0.1) is 6.58 Å². The Kier molecular flexibility index (Phi) is 2.80. The summed E-state index contributed by atoms with van der Waals surface area (Å²) < 4.78 is 4.95. The van der Waals surface area contributed by atoms with Gasteiger partial charge in [0.2, 0.25) is 0 Å². The van der Waals surface area contributed by atoms with Crippen LogP contribution >= 0.6 is 0 Å². The molecule has 3 N–H and O–H groups in total. The molecule has 0 bridgehead atoms. The van der Waals surface area contributed by atoms with Crippen molar-refractivity contribution in [3.63, 3.8) is 0 Å². The molecule has 0 aliphatic rings. The Morgan fingerprint density at radius 2 is 2.31 bits per heavy atom. The van der Waals surface area contributed by atoms with E-state index in [1.54, 1.807) is 12.1 Å². The zero-order valence-electron chi connectivity index (χ0n) is 7.58. The van der Waals surface area contributed by atoms with E-state index in [4.69, 9.17) is 10.5 Å². The van der Waals surface area contributed by atoms with Crippen molar-refractivity contribution in [1.82, 2.24) is 0 Å². The third kappa shape index (κ3) is 1.93. The Bertz CT molecular complexity index is 321. The predicted octanol–water partition coefficient (Wildman–Crippen LogP) is 1.71. The van der Waals surface area contributed by atoms with Gasteiger partial charge in [-0.1, -0.05) is 6.08 Å². The molecule has 1 rings (SSSR count). The van der Waals surface area contributed by atoms with Crippen LogP contribution < -0.4 is 10.5 Å². The number of hydrogen-bond acceptors (Lipinski definition) is 3. The molecule has 0 heterocycles. The Hall–Kier alpha value is -1.64. The number of rotatable bonds is 3. The first-order valence-electron chi connectivity index (χ1n) is 3.95. The van der Waals surface area contributed by atoms with Gasteiger partial charge in [-0.25, -0.2) is 0 Å². The minimum absolute atomic E-state index is 0.0628. The molecule has 0 unspecified atom stereocenters. The molecule has 0 fully saturated rings. The monoisotopic (exact) mass is 179 g/mol. The number of nitrogens with two attached hydrogens (primary N) is 1. The summed E-state index contributed by atoms with van der Waals surface area (Å²) in [5.41, 5.74) is 7.13. The number of hydrogen-bond donors (Lipinski definition) is 2. The normalized spacial score (nSPS) is 9.62. The van der Waals surface area contributed by atoms with Gasteiger partial charge >= 0.3 is 0 Å². The second kappa shape index (κ2) is 3.85. The van der Waals surface area contributed by atoms with Crippen LogP contribution in [0.3, 0.4) is 0 Å². The first-order chi connectivity index (χ1) is 6.19. The van der Waals surface area contributed by atoms with Crippen LogP contribution in [0.5, 0.6) is 11.5 Å². The molecule has 0 amide bonds. The zero-order valence-corrected chi connectivity index (χ0v) is 7.58. The molecule has 3 nitrogen and oxygen atoms in total. The number of nitrogen functional groups attached to an aromatic ring is 1. The van der Waals surface area contributed by atoms with E-state index in [0.717, 1.165) is 5.56 Å². The van der Waals surface area contributed by atoms with Crippen molar-refractivity contribution in [1.29, 1.82) is 0 Å². The third-order valence-electron chi connectivity index (χ3n) is 1.80. The Labute approximate surface area is 77.4 Å². The highest BCUT2D eigenvalue weighted by Gasteiger charge is 2.05. The highest BCUT2D eigenvalue weighted by molar-refractivity contribution is 5.57. The van der Waals surface area contributed by atoms with Gasteiger partial charge in [-0.2, -0.15) is 0 Å². The largest absolute Gasteiger partial charge is 0.504 e. The molecule has 0 aliphatic heterocycles. The molecule has 0 radical (unpaired) electrons. The van der Waals surface area contributed by atoms with Crippen LogP contribution in [-0.2, 0) is 6.42 Å². The van der Waals surface area contributed by atoms with Gasteiger partial charge in [0.25, 0.3) is 0 Å². The second-order valence-corrected chi connectivity index (χ2v) is 2.72. The molecule has 3 heteroatoms. The fraction of sp³-hybridized carbons (Fsp3) is 0.200. The van der Waals surface area contributed by atoms with Crippen LogP contribution in [0.25, 0.3) is 0 Å². The summed E-state index contributed by atoms with van der Waals surface area (Å²) in [4.78, 5) is 0. The number of benzene rings is 1. The van der Waals surface area contributed by atoms with E-state index in [1.165, 1.54) is 13.2 Å². The minimum atomic E-state index is 0.0628. The van der Waals surface area contributed by atoms with Gasteiger partial charge in [0.05, 0.1) is 7.11 Å². The first-order valence-corrected chi connectivity index (χ1v) is 3.95. The number of phenolic OH excluding ortho intramolecular Hbond substituents is 1. The average molecular weight is 179 g/mol. The van der Waals surface area contributed by atoms with Gasteiger partial charge in [-0.3, -0.25) is 0 Å². The summed E-state index contributed by atoms with van der Waals surface area (Å²) in [6, 6.07) is 3.20. The zero-order chi connectivity index (χ0) is 9.84. The van der Waals surface area contributed by atoms with Gasteiger partial charge in [0.1, 0.15) is 0 Å². The highest BCUT2D eigenvalue weighted by atomic mass is 16.5. The first kappa shape index (κ1) is 9.45. The molecular weight excluding hydrogens is 166 g/mol. The number of methoxy groups -OCH3 is 1. The standard InChI is InChI=1S/C10H13NO2/c1-3-4-7-5-10(13-2)9(12)6-8(7)11/h3,5-6,12H,1,4,11H2,2H3. The lowest BCUT2D eigenvalue weighted by Gasteiger charge is -2.08. The van der Waals surface area contributed by atoms with Crippen molar-refractivity contribution in [3.8, 4) is 11.5 Å². The van der Waals surface area contributed by atoms with E-state index >= 15 is 0 Å². The molecule has 0 aromatic heterocycles. The average Bonchev–Trinajstić information content (AvgIpc) is 2.10. The molecule has 13 heavy (non-hydrogen) atoms. The molecule has 0 saturated heterocycles. The fourth-order valence-corrected chi connectivity index (χ4v) is 1.12. The number of allylic oxidation sites excluding steroid dienone is 1. The lowest BCUT2D eigenvalue weighted by atomic mass is 10.1. The summed E-state index contributed by atoms with van der Waals surface area (Å²) >= 11 is 0. The van der Waals surface area contributed by atoms with Gasteiger partial charge in [0, 0.05) is 11.8 Å². The quantitative estimate of drug-likeness (QED) is 0.548. The lowest BCUT2D eigenvalue weighted by Crippen LogP contribution is -1.94. The van der Waals surface area contributed by atoms with E-state index in [9.17, 15) is 5.11 Å². The maximum absolute atomic E-state index is 9.35. The van der Waals surface area contributed by atoms with Crippen LogP contribution in [0.4, 0.5) is 5.69 Å². The maximum atomic E-state index is 9.35. The molecule has 0 saturated carbocycles. The Morgan fingerprint density at radius 3 is 2.85 bits per heavy atom. The molecular formula is C10H13NO2. The van der Waals surface area contributed by atoms with Crippen LogP contribution in [-0.4, -0.2) is 12.2 Å². The number of phenols is 1. The van der Waals surface area contributed by atoms with E-state index in [-0.39, 0.29) is 5.75 Å². The molecule has 0 spiro atoms. The summed E-state index contributed by atoms with van der Waals surface area (Å²) in [6.07, 6.45) is 2.42. The van der Waals surface area contributed by atoms with Crippen LogP contribution in [0, 0.1) is 0 Å². The smallest absolute Gasteiger partial charge is 0.160 e. The summed E-state index contributed by atoms with van der Waals surface area (Å²) in [5.74, 6) is 0.499. The van der Waals surface area contributed by atoms with E-state index < -0.39 is 0 Å². The SMILES string of the molecule is C=CCc1cc(OC)c(O)cc1N. The molecule has 0 atom stereocenters. The number of anilines is 1. The van der Waals surface area contributed by atoms with Gasteiger partial charge < -0.3 is 15.6 Å². The van der Waals surface area contributed by atoms with E-state index in [2.05, 4.69) is 6.58 Å². The van der Waals surface area contributed by atoms with Crippen molar-refractivity contribution in [2.45, 2.75) is 6.42 Å². The molecule has 1 aromatic carbocycles. The van der Waals surface area contributed by atoms with Crippen molar-refractivity contribution in [2.24, 2.45) is 0 Å². The lowest BCUT2D eigenvalue weighted by molar-refractivity contribution is 0.373. The fourth-order valence-electron chi connectivity index (χ4n) is 1.12. The summed E-state index contributed by atoms with van der Waals surface area (Å²) in [6.45, 7) is 3.62.